The largest absolute Gasteiger partial charge is 0.435 e. The molecule has 0 aliphatic carbocycles. The highest BCUT2D eigenvalue weighted by molar-refractivity contribution is 7.15. The van der Waals surface area contributed by atoms with Crippen molar-refractivity contribution in [2.45, 2.75) is 33.4 Å². The van der Waals surface area contributed by atoms with Crippen LogP contribution in [0.3, 0.4) is 0 Å². The summed E-state index contributed by atoms with van der Waals surface area (Å²) < 4.78 is 28.9. The third-order valence-corrected chi connectivity index (χ3v) is 5.46. The molecule has 27 heavy (non-hydrogen) atoms. The maximum Gasteiger partial charge on any atom is 0.387 e. The fourth-order valence-corrected chi connectivity index (χ4v) is 3.67. The maximum absolute atomic E-state index is 12.3. The molecule has 0 fully saturated rings. The van der Waals surface area contributed by atoms with Gasteiger partial charge in [0.25, 0.3) is 0 Å². The van der Waals surface area contributed by atoms with Gasteiger partial charge >= 0.3 is 6.61 Å². The van der Waals surface area contributed by atoms with Crippen molar-refractivity contribution in [1.82, 2.24) is 4.98 Å². The molecule has 6 heteroatoms. The molecule has 1 heterocycles. The third-order valence-electron chi connectivity index (χ3n) is 4.32. The predicted octanol–water partition coefficient (Wildman–Crippen LogP) is 5.61. The summed E-state index contributed by atoms with van der Waals surface area (Å²) in [6.07, 6.45) is 0.791. The van der Waals surface area contributed by atoms with Crippen LogP contribution in [0.15, 0.2) is 54.6 Å². The highest BCUT2D eigenvalue weighted by Gasteiger charge is 2.13. The first-order chi connectivity index (χ1) is 13.0. The van der Waals surface area contributed by atoms with E-state index in [-0.39, 0.29) is 5.75 Å². The minimum atomic E-state index is -2.80. The molecule has 0 spiro atoms. The van der Waals surface area contributed by atoms with E-state index >= 15 is 0 Å². The molecule has 3 nitrogen and oxygen atoms in total. The molecule has 0 N–H and O–H groups in total. The normalized spacial score (nSPS) is 11.0. The highest BCUT2D eigenvalue weighted by atomic mass is 32.1. The molecule has 0 saturated heterocycles. The van der Waals surface area contributed by atoms with E-state index in [0.29, 0.717) is 0 Å². The molecule has 0 aliphatic rings. The van der Waals surface area contributed by atoms with Crippen molar-refractivity contribution < 1.29 is 13.5 Å². The Balaban J connectivity index is 1.71. The summed E-state index contributed by atoms with van der Waals surface area (Å²) in [6, 6.07) is 17.1. The fourth-order valence-electron chi connectivity index (χ4n) is 2.74. The molecule has 0 amide bonds. The van der Waals surface area contributed by atoms with Gasteiger partial charge in [-0.1, -0.05) is 42.5 Å². The highest BCUT2D eigenvalue weighted by Crippen LogP contribution is 2.27. The zero-order valence-corrected chi connectivity index (χ0v) is 16.2. The van der Waals surface area contributed by atoms with Gasteiger partial charge in [0.15, 0.2) is 5.13 Å². The van der Waals surface area contributed by atoms with Crippen molar-refractivity contribution >= 4 is 16.5 Å². The molecule has 3 aromatic rings. The lowest BCUT2D eigenvalue weighted by atomic mass is 10.1. The van der Waals surface area contributed by atoms with Gasteiger partial charge in [0.2, 0.25) is 0 Å². The fraction of sp³-hybridized carbons (Fsp3) is 0.286. The Kier molecular flexibility index (Phi) is 6.40. The van der Waals surface area contributed by atoms with Crippen LogP contribution in [0.25, 0.3) is 0 Å². The average molecular weight is 388 g/mol. The number of nitrogens with zero attached hydrogens (tertiary/aromatic N) is 2. The summed E-state index contributed by atoms with van der Waals surface area (Å²) in [6.45, 7) is 2.88. The number of thiazole rings is 1. The first-order valence-electron chi connectivity index (χ1n) is 8.78. The molecule has 3 rings (SSSR count). The van der Waals surface area contributed by atoms with Crippen molar-refractivity contribution in [3.8, 4) is 5.75 Å². The second kappa shape index (κ2) is 8.95. The number of halogens is 2. The zero-order chi connectivity index (χ0) is 19.2. The summed E-state index contributed by atoms with van der Waals surface area (Å²) >= 11 is 1.70. The van der Waals surface area contributed by atoms with E-state index in [0.717, 1.165) is 35.9 Å². The summed E-state index contributed by atoms with van der Waals surface area (Å²) in [7, 11) is 0. The quantitative estimate of drug-likeness (QED) is 0.501. The van der Waals surface area contributed by atoms with Gasteiger partial charge < -0.3 is 9.64 Å². The smallest absolute Gasteiger partial charge is 0.387 e. The molecule has 142 valence electrons. The van der Waals surface area contributed by atoms with Crippen LogP contribution in [-0.4, -0.2) is 18.1 Å². The second-order valence-electron chi connectivity index (χ2n) is 6.32. The lowest BCUT2D eigenvalue weighted by Gasteiger charge is -2.22. The molecule has 0 unspecified atom stereocenters. The lowest BCUT2D eigenvalue weighted by Crippen LogP contribution is -2.25. The van der Waals surface area contributed by atoms with Crippen LogP contribution >= 0.6 is 11.3 Å². The summed E-state index contributed by atoms with van der Waals surface area (Å²) in [4.78, 5) is 8.19. The van der Waals surface area contributed by atoms with Crippen LogP contribution in [0.2, 0.25) is 0 Å². The van der Waals surface area contributed by atoms with Gasteiger partial charge in [0, 0.05) is 18.0 Å². The van der Waals surface area contributed by atoms with Crippen molar-refractivity contribution in [2.75, 3.05) is 11.4 Å². The number of hydrogen-bond acceptors (Lipinski definition) is 4. The number of alkyl halides is 2. The van der Waals surface area contributed by atoms with Gasteiger partial charge in [-0.25, -0.2) is 4.98 Å². The minimum Gasteiger partial charge on any atom is -0.435 e. The number of rotatable bonds is 8. The number of anilines is 1. The van der Waals surface area contributed by atoms with Crippen LogP contribution in [0.4, 0.5) is 13.9 Å². The molecule has 2 aromatic carbocycles. The SMILES string of the molecule is Cc1nc(N(CCc2ccc(OC(F)F)cc2)Cc2ccccc2)sc1C. The summed E-state index contributed by atoms with van der Waals surface area (Å²) in [5, 5.41) is 1.01. The van der Waals surface area contributed by atoms with Gasteiger partial charge in [0.1, 0.15) is 5.75 Å². The van der Waals surface area contributed by atoms with Crippen LogP contribution in [0, 0.1) is 13.8 Å². The molecule has 0 aliphatic heterocycles. The van der Waals surface area contributed by atoms with Crippen molar-refractivity contribution in [2.24, 2.45) is 0 Å². The van der Waals surface area contributed by atoms with Gasteiger partial charge in [0.05, 0.1) is 5.69 Å². The molecule has 0 bridgehead atoms. The number of ether oxygens (including phenoxy) is 1. The number of aryl methyl sites for hydroxylation is 2. The van der Waals surface area contributed by atoms with E-state index in [1.165, 1.54) is 10.4 Å². The third kappa shape index (κ3) is 5.50. The van der Waals surface area contributed by atoms with Crippen molar-refractivity contribution in [3.05, 3.63) is 76.3 Å². The molecule has 0 atom stereocenters. The van der Waals surface area contributed by atoms with E-state index in [1.54, 1.807) is 23.5 Å². The van der Waals surface area contributed by atoms with Crippen molar-refractivity contribution in [1.29, 1.82) is 0 Å². The van der Waals surface area contributed by atoms with Crippen LogP contribution in [0.5, 0.6) is 5.75 Å². The first kappa shape index (κ1) is 19.3. The Morgan fingerprint density at radius 2 is 1.70 bits per heavy atom. The number of aromatic nitrogens is 1. The Morgan fingerprint density at radius 1 is 1.00 bits per heavy atom. The van der Waals surface area contributed by atoms with Crippen LogP contribution < -0.4 is 9.64 Å². The van der Waals surface area contributed by atoms with Gasteiger partial charge in [-0.05, 0) is 43.5 Å². The van der Waals surface area contributed by atoms with E-state index < -0.39 is 6.61 Å². The molecule has 0 radical (unpaired) electrons. The Morgan fingerprint density at radius 3 is 2.30 bits per heavy atom. The van der Waals surface area contributed by atoms with Crippen LogP contribution in [0.1, 0.15) is 21.7 Å². The Hall–Kier alpha value is -2.47. The molecular formula is C21H22F2N2OS. The zero-order valence-electron chi connectivity index (χ0n) is 15.4. The standard InChI is InChI=1S/C21H22F2N2OS/c1-15-16(2)27-21(24-15)25(14-18-6-4-3-5-7-18)13-12-17-8-10-19(11-9-17)26-20(22)23/h3-11,20H,12-14H2,1-2H3. The van der Waals surface area contributed by atoms with Crippen molar-refractivity contribution in [3.63, 3.8) is 0 Å². The van der Waals surface area contributed by atoms with Gasteiger partial charge in [-0.3, -0.25) is 0 Å². The molecular weight excluding hydrogens is 366 g/mol. The monoisotopic (exact) mass is 388 g/mol. The first-order valence-corrected chi connectivity index (χ1v) is 9.59. The van der Waals surface area contributed by atoms with Gasteiger partial charge in [-0.15, -0.1) is 11.3 Å². The topological polar surface area (TPSA) is 25.4 Å². The molecule has 0 saturated carbocycles. The number of benzene rings is 2. The van der Waals surface area contributed by atoms with E-state index in [4.69, 9.17) is 4.98 Å². The molecule has 1 aromatic heterocycles. The van der Waals surface area contributed by atoms with Crippen LogP contribution in [-0.2, 0) is 13.0 Å². The van der Waals surface area contributed by atoms with E-state index in [9.17, 15) is 8.78 Å². The average Bonchev–Trinajstić information content (AvgIpc) is 2.99. The van der Waals surface area contributed by atoms with Gasteiger partial charge in [-0.2, -0.15) is 8.78 Å². The Bertz CT molecular complexity index is 831. The predicted molar refractivity (Wildman–Crippen MR) is 106 cm³/mol. The Labute approximate surface area is 162 Å². The van der Waals surface area contributed by atoms with E-state index in [2.05, 4.69) is 28.7 Å². The summed E-state index contributed by atoms with van der Waals surface area (Å²) in [5.41, 5.74) is 3.35. The van der Waals surface area contributed by atoms with E-state index in [1.807, 2.05) is 37.3 Å². The number of hydrogen-bond donors (Lipinski definition) is 0. The summed E-state index contributed by atoms with van der Waals surface area (Å²) in [5.74, 6) is 0.182. The minimum absolute atomic E-state index is 0.182. The maximum atomic E-state index is 12.3. The second-order valence-corrected chi connectivity index (χ2v) is 7.50. The lowest BCUT2D eigenvalue weighted by molar-refractivity contribution is -0.0498.